The van der Waals surface area contributed by atoms with E-state index >= 15 is 0 Å². The standard InChI is InChI=1S/C27H33.Li/c1-17-11-19-13-18-9-8-10-23(18)25(24(19)12-17)20-14-21(26(2,3)4)16-22(15-20)27(5,6)7;/h11-16H,8-10H2,1-7H3;/q-1;+1. The van der Waals surface area contributed by atoms with E-state index in [1.165, 1.54) is 57.9 Å². The van der Waals surface area contributed by atoms with Crippen LogP contribution in [-0.2, 0) is 23.7 Å². The van der Waals surface area contributed by atoms with Crippen LogP contribution in [0.25, 0.3) is 21.9 Å². The summed E-state index contributed by atoms with van der Waals surface area (Å²) in [6, 6.07) is 14.6. The van der Waals surface area contributed by atoms with Gasteiger partial charge in [0.25, 0.3) is 0 Å². The molecule has 0 heterocycles. The summed E-state index contributed by atoms with van der Waals surface area (Å²) in [7, 11) is 0. The number of rotatable bonds is 1. The van der Waals surface area contributed by atoms with E-state index in [0.29, 0.717) is 0 Å². The van der Waals surface area contributed by atoms with Crippen molar-refractivity contribution in [3.63, 3.8) is 0 Å². The van der Waals surface area contributed by atoms with Gasteiger partial charge in [-0.3, -0.25) is 0 Å². The van der Waals surface area contributed by atoms with Crippen LogP contribution >= 0.6 is 0 Å². The van der Waals surface area contributed by atoms with Crippen LogP contribution in [0.4, 0.5) is 0 Å². The summed E-state index contributed by atoms with van der Waals surface area (Å²) < 4.78 is 0. The Balaban J connectivity index is 0.00000225. The Morgan fingerprint density at radius 3 is 1.96 bits per heavy atom. The molecule has 0 N–H and O–H groups in total. The average molecular weight is 365 g/mol. The maximum absolute atomic E-state index is 2.46. The number of aryl methyl sites for hydroxylation is 2. The molecular weight excluding hydrogens is 331 g/mol. The zero-order valence-electron chi connectivity index (χ0n) is 19.1. The smallest absolute Gasteiger partial charge is 0.165 e. The van der Waals surface area contributed by atoms with Crippen molar-refractivity contribution in [2.24, 2.45) is 0 Å². The monoisotopic (exact) mass is 364 g/mol. The van der Waals surface area contributed by atoms with Gasteiger partial charge in [-0.2, -0.15) is 6.07 Å². The Morgan fingerprint density at radius 2 is 1.39 bits per heavy atom. The van der Waals surface area contributed by atoms with E-state index in [4.69, 9.17) is 0 Å². The third-order valence-corrected chi connectivity index (χ3v) is 6.18. The molecule has 0 bridgehead atoms. The van der Waals surface area contributed by atoms with Crippen molar-refractivity contribution in [2.45, 2.75) is 78.6 Å². The van der Waals surface area contributed by atoms with Crippen molar-refractivity contribution >= 4 is 10.8 Å². The summed E-state index contributed by atoms with van der Waals surface area (Å²) in [6.07, 6.45) is 3.74. The SMILES string of the molecule is Cc1cc2c(-c3cc(C(C)(C)C)cc(C(C)(C)C)c3)c3c(cc2[cH-]1)CCC3.[Li+]. The molecule has 3 aromatic carbocycles. The third kappa shape index (κ3) is 3.75. The van der Waals surface area contributed by atoms with Gasteiger partial charge < -0.3 is 0 Å². The first kappa shape index (κ1) is 21.4. The molecule has 4 rings (SSSR count). The van der Waals surface area contributed by atoms with Crippen LogP contribution in [0.1, 0.15) is 75.8 Å². The van der Waals surface area contributed by atoms with Crippen LogP contribution in [0, 0.1) is 6.92 Å². The van der Waals surface area contributed by atoms with Crippen LogP contribution in [0.5, 0.6) is 0 Å². The quantitative estimate of drug-likeness (QED) is 0.436. The van der Waals surface area contributed by atoms with Gasteiger partial charge >= 0.3 is 18.9 Å². The fourth-order valence-electron chi connectivity index (χ4n) is 4.54. The molecule has 3 aromatic rings. The molecule has 0 saturated carbocycles. The Bertz CT molecular complexity index is 987. The summed E-state index contributed by atoms with van der Waals surface area (Å²) in [5, 5.41) is 2.86. The van der Waals surface area contributed by atoms with Crippen LogP contribution in [0.2, 0.25) is 0 Å². The van der Waals surface area contributed by atoms with E-state index < -0.39 is 0 Å². The first-order valence-electron chi connectivity index (χ1n) is 10.4. The number of hydrogen-bond acceptors (Lipinski definition) is 0. The molecule has 0 radical (unpaired) electrons. The molecule has 0 aliphatic heterocycles. The second-order valence-corrected chi connectivity index (χ2v) is 10.6. The maximum atomic E-state index is 2.46. The van der Waals surface area contributed by atoms with Crippen LogP contribution in [0.3, 0.4) is 0 Å². The molecule has 0 unspecified atom stereocenters. The molecular formula is C27H33Li. The largest absolute Gasteiger partial charge is 1.00 e. The van der Waals surface area contributed by atoms with Gasteiger partial charge in [0, 0.05) is 0 Å². The fourth-order valence-corrected chi connectivity index (χ4v) is 4.54. The van der Waals surface area contributed by atoms with Gasteiger partial charge in [-0.15, -0.1) is 28.5 Å². The van der Waals surface area contributed by atoms with E-state index in [2.05, 4.69) is 84.9 Å². The normalized spacial score (nSPS) is 14.2. The van der Waals surface area contributed by atoms with Gasteiger partial charge in [-0.25, -0.2) is 0 Å². The van der Waals surface area contributed by atoms with Crippen molar-refractivity contribution in [1.82, 2.24) is 0 Å². The fraction of sp³-hybridized carbons (Fsp3) is 0.444. The van der Waals surface area contributed by atoms with Crippen molar-refractivity contribution in [3.8, 4) is 11.1 Å². The van der Waals surface area contributed by atoms with Gasteiger partial charge in [0.15, 0.2) is 0 Å². The molecule has 0 fully saturated rings. The first-order valence-corrected chi connectivity index (χ1v) is 10.4. The van der Waals surface area contributed by atoms with Crippen molar-refractivity contribution < 1.29 is 18.9 Å². The molecule has 1 aliphatic carbocycles. The van der Waals surface area contributed by atoms with Gasteiger partial charge in [0.2, 0.25) is 0 Å². The van der Waals surface area contributed by atoms with Gasteiger partial charge in [0.05, 0.1) is 0 Å². The number of fused-ring (bicyclic) bond motifs is 2. The summed E-state index contributed by atoms with van der Waals surface area (Å²) in [5.41, 5.74) is 10.6. The van der Waals surface area contributed by atoms with E-state index in [9.17, 15) is 0 Å². The molecule has 142 valence electrons. The second-order valence-electron chi connectivity index (χ2n) is 10.6. The Morgan fingerprint density at radius 1 is 0.786 bits per heavy atom. The van der Waals surface area contributed by atoms with Crippen molar-refractivity contribution in [2.75, 3.05) is 0 Å². The molecule has 0 atom stereocenters. The van der Waals surface area contributed by atoms with Crippen LogP contribution in [0.15, 0.2) is 36.4 Å². The molecule has 0 spiro atoms. The van der Waals surface area contributed by atoms with Crippen LogP contribution < -0.4 is 18.9 Å². The van der Waals surface area contributed by atoms with E-state index in [1.807, 2.05) is 0 Å². The summed E-state index contributed by atoms with van der Waals surface area (Å²) in [4.78, 5) is 0. The second kappa shape index (κ2) is 7.16. The van der Waals surface area contributed by atoms with Crippen molar-refractivity contribution in [3.05, 3.63) is 64.2 Å². The van der Waals surface area contributed by atoms with E-state index in [1.54, 1.807) is 11.1 Å². The number of benzene rings is 2. The average Bonchev–Trinajstić information content (AvgIpc) is 3.15. The molecule has 0 aromatic heterocycles. The topological polar surface area (TPSA) is 0 Å². The molecule has 28 heavy (non-hydrogen) atoms. The molecule has 0 saturated heterocycles. The van der Waals surface area contributed by atoms with E-state index in [0.717, 1.165) is 0 Å². The van der Waals surface area contributed by atoms with Crippen molar-refractivity contribution in [1.29, 1.82) is 0 Å². The molecule has 0 nitrogen and oxygen atoms in total. The number of hydrogen-bond donors (Lipinski definition) is 0. The summed E-state index contributed by atoms with van der Waals surface area (Å²) in [6.45, 7) is 16.2. The first-order chi connectivity index (χ1) is 12.5. The maximum Gasteiger partial charge on any atom is 1.00 e. The zero-order chi connectivity index (χ0) is 19.6. The third-order valence-electron chi connectivity index (χ3n) is 6.18. The van der Waals surface area contributed by atoms with Gasteiger partial charge in [-0.05, 0) is 46.8 Å². The minimum absolute atomic E-state index is 0. The molecule has 0 amide bonds. The summed E-state index contributed by atoms with van der Waals surface area (Å²) >= 11 is 0. The predicted octanol–water partition coefficient (Wildman–Crippen LogP) is 4.62. The minimum Gasteiger partial charge on any atom is -0.165 e. The molecule has 1 aliphatic rings. The zero-order valence-corrected chi connectivity index (χ0v) is 19.1. The summed E-state index contributed by atoms with van der Waals surface area (Å²) in [5.74, 6) is 0. The molecule has 1 heteroatoms. The van der Waals surface area contributed by atoms with Crippen LogP contribution in [-0.4, -0.2) is 0 Å². The van der Waals surface area contributed by atoms with Gasteiger partial charge in [0.1, 0.15) is 0 Å². The Kier molecular flexibility index (Phi) is 5.46. The Labute approximate surface area is 183 Å². The predicted molar refractivity (Wildman–Crippen MR) is 119 cm³/mol. The minimum atomic E-state index is 0. The Hall–Kier alpha value is -1.35. The van der Waals surface area contributed by atoms with E-state index in [-0.39, 0.29) is 29.7 Å². The van der Waals surface area contributed by atoms with Gasteiger partial charge in [-0.1, -0.05) is 83.4 Å².